The van der Waals surface area contributed by atoms with Crippen molar-refractivity contribution in [1.82, 2.24) is 4.98 Å². The highest BCUT2D eigenvalue weighted by molar-refractivity contribution is 7.13. The van der Waals surface area contributed by atoms with Gasteiger partial charge >= 0.3 is 6.18 Å². The SMILES string of the molecule is FC(F)(F)c1ccc(Nc2nccs2)c(-c2cccc(Cl)c2)c1. The standard InChI is InChI=1S/C16H10ClF3N2S/c17-12-3-1-2-10(8-12)13-9-11(16(18,19)20)4-5-14(13)22-15-21-6-7-23-15/h1-9H,(H,21,22). The summed E-state index contributed by atoms with van der Waals surface area (Å²) >= 11 is 7.33. The molecule has 2 nitrogen and oxygen atoms in total. The molecule has 3 rings (SSSR count). The van der Waals surface area contributed by atoms with Gasteiger partial charge in [0.1, 0.15) is 0 Å². The Kier molecular flexibility index (Phi) is 4.28. The molecule has 0 aliphatic heterocycles. The van der Waals surface area contributed by atoms with Crippen LogP contribution in [-0.4, -0.2) is 4.98 Å². The molecule has 7 heteroatoms. The summed E-state index contributed by atoms with van der Waals surface area (Å²) in [6.07, 6.45) is -2.79. The smallest absolute Gasteiger partial charge is 0.331 e. The van der Waals surface area contributed by atoms with Gasteiger partial charge in [0.25, 0.3) is 0 Å². The largest absolute Gasteiger partial charge is 0.416 e. The summed E-state index contributed by atoms with van der Waals surface area (Å²) in [6.45, 7) is 0. The van der Waals surface area contributed by atoms with E-state index < -0.39 is 11.7 Å². The fourth-order valence-electron chi connectivity index (χ4n) is 2.12. The Balaban J connectivity index is 2.11. The van der Waals surface area contributed by atoms with Crippen LogP contribution in [-0.2, 0) is 6.18 Å². The fraction of sp³-hybridized carbons (Fsp3) is 0.0625. The maximum atomic E-state index is 13.0. The Morgan fingerprint density at radius 2 is 1.91 bits per heavy atom. The summed E-state index contributed by atoms with van der Waals surface area (Å²) in [4.78, 5) is 4.09. The van der Waals surface area contributed by atoms with E-state index in [4.69, 9.17) is 11.6 Å². The summed E-state index contributed by atoms with van der Waals surface area (Å²) < 4.78 is 39.0. The molecule has 1 aromatic heterocycles. The van der Waals surface area contributed by atoms with Crippen molar-refractivity contribution in [3.63, 3.8) is 0 Å². The summed E-state index contributed by atoms with van der Waals surface area (Å²) in [5.41, 5.74) is 0.840. The van der Waals surface area contributed by atoms with Crippen LogP contribution in [0.25, 0.3) is 11.1 Å². The van der Waals surface area contributed by atoms with Gasteiger partial charge in [-0.3, -0.25) is 0 Å². The molecule has 0 spiro atoms. The number of benzene rings is 2. The van der Waals surface area contributed by atoms with Gasteiger partial charge in [-0.05, 0) is 35.9 Å². The number of hydrogen-bond acceptors (Lipinski definition) is 3. The van der Waals surface area contributed by atoms with Gasteiger partial charge in [-0.2, -0.15) is 13.2 Å². The quantitative estimate of drug-likeness (QED) is 0.603. The molecule has 0 saturated heterocycles. The third kappa shape index (κ3) is 3.65. The molecule has 0 bridgehead atoms. The molecule has 3 aromatic rings. The van der Waals surface area contributed by atoms with Crippen molar-refractivity contribution in [2.24, 2.45) is 0 Å². The van der Waals surface area contributed by atoms with Gasteiger partial charge in [-0.25, -0.2) is 4.98 Å². The number of anilines is 2. The van der Waals surface area contributed by atoms with Gasteiger partial charge in [0.05, 0.1) is 5.56 Å². The van der Waals surface area contributed by atoms with Gasteiger partial charge < -0.3 is 5.32 Å². The van der Waals surface area contributed by atoms with Gasteiger partial charge in [0, 0.05) is 27.9 Å². The summed E-state index contributed by atoms with van der Waals surface area (Å²) in [6, 6.07) is 10.3. The van der Waals surface area contributed by atoms with Gasteiger partial charge in [-0.15, -0.1) is 11.3 Å². The second-order valence-corrected chi connectivity index (χ2v) is 6.06. The average molecular weight is 355 g/mol. The van der Waals surface area contributed by atoms with Crippen LogP contribution in [0, 0.1) is 0 Å². The van der Waals surface area contributed by atoms with Crippen LogP contribution >= 0.6 is 22.9 Å². The fourth-order valence-corrected chi connectivity index (χ4v) is 2.86. The van der Waals surface area contributed by atoms with E-state index >= 15 is 0 Å². The maximum Gasteiger partial charge on any atom is 0.416 e. The van der Waals surface area contributed by atoms with E-state index in [1.807, 2.05) is 0 Å². The van der Waals surface area contributed by atoms with E-state index in [-0.39, 0.29) is 0 Å². The Bertz CT molecular complexity index is 816. The molecule has 0 saturated carbocycles. The van der Waals surface area contributed by atoms with Crippen molar-refractivity contribution in [3.8, 4) is 11.1 Å². The number of nitrogens with one attached hydrogen (secondary N) is 1. The van der Waals surface area contributed by atoms with E-state index in [1.165, 1.54) is 17.4 Å². The molecule has 0 aliphatic rings. The number of alkyl halides is 3. The maximum absolute atomic E-state index is 13.0. The Hall–Kier alpha value is -2.05. The first-order chi connectivity index (χ1) is 10.9. The molecule has 2 aromatic carbocycles. The van der Waals surface area contributed by atoms with Crippen molar-refractivity contribution in [2.75, 3.05) is 5.32 Å². The van der Waals surface area contributed by atoms with Crippen molar-refractivity contribution < 1.29 is 13.2 Å². The lowest BCUT2D eigenvalue weighted by Gasteiger charge is -2.14. The number of hydrogen-bond donors (Lipinski definition) is 1. The zero-order chi connectivity index (χ0) is 16.4. The molecular formula is C16H10ClF3N2S. The third-order valence-electron chi connectivity index (χ3n) is 3.16. The van der Waals surface area contributed by atoms with Crippen molar-refractivity contribution in [2.45, 2.75) is 6.18 Å². The number of aromatic nitrogens is 1. The second kappa shape index (κ2) is 6.22. The number of halogens is 4. The second-order valence-electron chi connectivity index (χ2n) is 4.73. The van der Waals surface area contributed by atoms with Crippen LogP contribution < -0.4 is 5.32 Å². The Morgan fingerprint density at radius 1 is 1.09 bits per heavy atom. The van der Waals surface area contributed by atoms with E-state index in [0.29, 0.717) is 27.0 Å². The first kappa shape index (κ1) is 15.8. The average Bonchev–Trinajstić information content (AvgIpc) is 2.99. The minimum atomic E-state index is -4.41. The van der Waals surface area contributed by atoms with E-state index in [2.05, 4.69) is 10.3 Å². The summed E-state index contributed by atoms with van der Waals surface area (Å²) in [7, 11) is 0. The van der Waals surface area contributed by atoms with Crippen molar-refractivity contribution >= 4 is 33.8 Å². The van der Waals surface area contributed by atoms with E-state index in [1.54, 1.807) is 35.8 Å². The van der Waals surface area contributed by atoms with Crippen LogP contribution in [0.3, 0.4) is 0 Å². The highest BCUT2D eigenvalue weighted by Crippen LogP contribution is 2.38. The van der Waals surface area contributed by atoms with Gasteiger partial charge in [0.2, 0.25) is 0 Å². The van der Waals surface area contributed by atoms with Crippen LogP contribution in [0.2, 0.25) is 5.02 Å². The molecule has 0 radical (unpaired) electrons. The molecule has 0 unspecified atom stereocenters. The van der Waals surface area contributed by atoms with Crippen LogP contribution in [0.5, 0.6) is 0 Å². The molecular weight excluding hydrogens is 345 g/mol. The lowest BCUT2D eigenvalue weighted by Crippen LogP contribution is -2.05. The molecule has 23 heavy (non-hydrogen) atoms. The van der Waals surface area contributed by atoms with Gasteiger partial charge in [0.15, 0.2) is 5.13 Å². The molecule has 0 atom stereocenters. The lowest BCUT2D eigenvalue weighted by atomic mass is 10.0. The summed E-state index contributed by atoms with van der Waals surface area (Å²) in [5, 5.41) is 5.89. The van der Waals surface area contributed by atoms with Crippen molar-refractivity contribution in [1.29, 1.82) is 0 Å². The zero-order valence-electron chi connectivity index (χ0n) is 11.6. The first-order valence-corrected chi connectivity index (χ1v) is 7.83. The zero-order valence-corrected chi connectivity index (χ0v) is 13.1. The third-order valence-corrected chi connectivity index (χ3v) is 4.08. The first-order valence-electron chi connectivity index (χ1n) is 6.57. The van der Waals surface area contributed by atoms with Crippen LogP contribution in [0.4, 0.5) is 24.0 Å². The lowest BCUT2D eigenvalue weighted by molar-refractivity contribution is -0.137. The molecule has 1 heterocycles. The normalized spacial score (nSPS) is 11.5. The Labute approximate surface area is 139 Å². The molecule has 118 valence electrons. The predicted octanol–water partition coefficient (Wildman–Crippen LogP) is 6.23. The Morgan fingerprint density at radius 3 is 2.57 bits per heavy atom. The minimum absolute atomic E-state index is 0.414. The molecule has 0 fully saturated rings. The topological polar surface area (TPSA) is 24.9 Å². The highest BCUT2D eigenvalue weighted by atomic mass is 35.5. The molecule has 0 amide bonds. The van der Waals surface area contributed by atoms with Crippen LogP contribution in [0.1, 0.15) is 5.56 Å². The predicted molar refractivity (Wildman–Crippen MR) is 87.3 cm³/mol. The number of rotatable bonds is 3. The number of thiazole rings is 1. The number of nitrogens with zero attached hydrogens (tertiary/aromatic N) is 1. The van der Waals surface area contributed by atoms with Gasteiger partial charge in [-0.1, -0.05) is 23.7 Å². The van der Waals surface area contributed by atoms with E-state index in [0.717, 1.165) is 12.1 Å². The van der Waals surface area contributed by atoms with Crippen molar-refractivity contribution in [3.05, 3.63) is 64.6 Å². The molecule has 0 aliphatic carbocycles. The highest BCUT2D eigenvalue weighted by Gasteiger charge is 2.31. The molecule has 1 N–H and O–H groups in total. The van der Waals surface area contributed by atoms with Crippen LogP contribution in [0.15, 0.2) is 54.0 Å². The van der Waals surface area contributed by atoms with E-state index in [9.17, 15) is 13.2 Å². The monoisotopic (exact) mass is 354 g/mol. The summed E-state index contributed by atoms with van der Waals surface area (Å²) in [5.74, 6) is 0. The minimum Gasteiger partial charge on any atom is -0.331 e.